The molecule has 1 fully saturated rings. The highest BCUT2D eigenvalue weighted by Gasteiger charge is 2.18. The van der Waals surface area contributed by atoms with Crippen molar-refractivity contribution in [3.05, 3.63) is 84.3 Å². The van der Waals surface area contributed by atoms with Crippen LogP contribution in [0.5, 0.6) is 0 Å². The molecule has 5 rings (SSSR count). The van der Waals surface area contributed by atoms with Gasteiger partial charge < -0.3 is 4.40 Å². The second-order valence-electron chi connectivity index (χ2n) is 7.39. The quantitative estimate of drug-likeness (QED) is 0.556. The molecule has 0 bridgehead atoms. The average molecular weight is 356 g/mol. The number of aromatic nitrogens is 2. The molecule has 0 radical (unpaired) electrons. The van der Waals surface area contributed by atoms with Crippen LogP contribution in [0.1, 0.15) is 11.3 Å². The van der Waals surface area contributed by atoms with E-state index in [0.717, 1.165) is 50.6 Å². The Morgan fingerprint density at radius 1 is 0.741 bits per heavy atom. The summed E-state index contributed by atoms with van der Waals surface area (Å²) in [7, 11) is 0. The fourth-order valence-corrected chi connectivity index (χ4v) is 4.07. The van der Waals surface area contributed by atoms with E-state index in [-0.39, 0.29) is 0 Å². The number of hydrogen-bond donors (Lipinski definition) is 0. The van der Waals surface area contributed by atoms with Crippen LogP contribution in [-0.2, 0) is 13.1 Å². The first-order valence-corrected chi connectivity index (χ1v) is 9.69. The Balaban J connectivity index is 1.22. The lowest BCUT2D eigenvalue weighted by Gasteiger charge is -2.34. The van der Waals surface area contributed by atoms with E-state index in [9.17, 15) is 0 Å². The summed E-state index contributed by atoms with van der Waals surface area (Å²) < 4.78 is 2.10. The fraction of sp³-hybridized carbons (Fsp3) is 0.261. The number of rotatable bonds is 4. The van der Waals surface area contributed by atoms with Gasteiger partial charge in [-0.1, -0.05) is 48.5 Å². The van der Waals surface area contributed by atoms with E-state index in [4.69, 9.17) is 4.98 Å². The largest absolute Gasteiger partial charge is 0.307 e. The van der Waals surface area contributed by atoms with E-state index >= 15 is 0 Å². The fourth-order valence-electron chi connectivity index (χ4n) is 4.07. The van der Waals surface area contributed by atoms with E-state index < -0.39 is 0 Å². The minimum atomic E-state index is 0.934. The lowest BCUT2D eigenvalue weighted by molar-refractivity contribution is 0.121. The van der Waals surface area contributed by atoms with Gasteiger partial charge in [-0.15, -0.1) is 0 Å². The Hall–Kier alpha value is -2.69. The van der Waals surface area contributed by atoms with Crippen molar-refractivity contribution in [3.63, 3.8) is 0 Å². The van der Waals surface area contributed by atoms with Crippen LogP contribution in [0, 0.1) is 0 Å². The zero-order valence-corrected chi connectivity index (χ0v) is 15.5. The van der Waals surface area contributed by atoms with Gasteiger partial charge in [0.15, 0.2) is 0 Å². The molecular formula is C23H24N4. The van der Waals surface area contributed by atoms with Crippen molar-refractivity contribution in [2.45, 2.75) is 13.1 Å². The summed E-state index contributed by atoms with van der Waals surface area (Å²) in [6.07, 6.45) is 4.21. The second kappa shape index (κ2) is 7.14. The molecule has 27 heavy (non-hydrogen) atoms. The maximum atomic E-state index is 4.74. The Bertz CT molecular complexity index is 1020. The third-order valence-corrected chi connectivity index (χ3v) is 5.54. The first-order chi connectivity index (χ1) is 13.3. The minimum absolute atomic E-state index is 0.934. The summed E-state index contributed by atoms with van der Waals surface area (Å²) in [5.74, 6) is 0. The third kappa shape index (κ3) is 3.46. The van der Waals surface area contributed by atoms with Gasteiger partial charge in [-0.3, -0.25) is 9.80 Å². The number of nitrogens with zero attached hydrogens (tertiary/aromatic N) is 4. The van der Waals surface area contributed by atoms with Crippen LogP contribution in [0.2, 0.25) is 0 Å². The summed E-state index contributed by atoms with van der Waals surface area (Å²) in [5.41, 5.74) is 3.62. The predicted molar refractivity (Wildman–Crippen MR) is 110 cm³/mol. The van der Waals surface area contributed by atoms with Crippen molar-refractivity contribution in [2.75, 3.05) is 26.2 Å². The molecule has 136 valence electrons. The molecule has 3 heterocycles. The lowest BCUT2D eigenvalue weighted by Crippen LogP contribution is -2.45. The van der Waals surface area contributed by atoms with Gasteiger partial charge in [0.2, 0.25) is 0 Å². The highest BCUT2D eigenvalue weighted by Crippen LogP contribution is 2.21. The van der Waals surface area contributed by atoms with Crippen LogP contribution < -0.4 is 0 Å². The van der Waals surface area contributed by atoms with E-state index in [0.29, 0.717) is 0 Å². The van der Waals surface area contributed by atoms with Crippen molar-refractivity contribution in [1.82, 2.24) is 19.2 Å². The lowest BCUT2D eigenvalue weighted by atomic mass is 10.0. The first kappa shape index (κ1) is 16.5. The van der Waals surface area contributed by atoms with Crippen LogP contribution >= 0.6 is 0 Å². The molecule has 4 heteroatoms. The molecule has 1 aliphatic rings. The van der Waals surface area contributed by atoms with E-state index in [1.165, 1.54) is 16.3 Å². The average Bonchev–Trinajstić information content (AvgIpc) is 3.12. The number of benzene rings is 2. The second-order valence-corrected chi connectivity index (χ2v) is 7.39. The SMILES string of the molecule is c1ccc2c(CN3CCN(Cc4cn5ccccc5n4)CC3)cccc2c1. The zero-order valence-electron chi connectivity index (χ0n) is 15.5. The van der Waals surface area contributed by atoms with Crippen molar-refractivity contribution in [1.29, 1.82) is 0 Å². The van der Waals surface area contributed by atoms with Crippen LogP contribution in [0.3, 0.4) is 0 Å². The van der Waals surface area contributed by atoms with Gasteiger partial charge in [0.1, 0.15) is 5.65 Å². The molecule has 1 saturated heterocycles. The van der Waals surface area contributed by atoms with Gasteiger partial charge in [-0.25, -0.2) is 4.98 Å². The zero-order chi connectivity index (χ0) is 18.1. The highest BCUT2D eigenvalue weighted by atomic mass is 15.3. The van der Waals surface area contributed by atoms with Crippen molar-refractivity contribution < 1.29 is 0 Å². The third-order valence-electron chi connectivity index (χ3n) is 5.54. The number of imidazole rings is 1. The maximum Gasteiger partial charge on any atom is 0.137 e. The maximum absolute atomic E-state index is 4.74. The summed E-state index contributed by atoms with van der Waals surface area (Å²) >= 11 is 0. The summed E-state index contributed by atoms with van der Waals surface area (Å²) in [6.45, 7) is 6.37. The van der Waals surface area contributed by atoms with Gasteiger partial charge in [0.25, 0.3) is 0 Å². The van der Waals surface area contributed by atoms with Gasteiger partial charge in [-0.2, -0.15) is 0 Å². The normalized spacial score (nSPS) is 16.3. The van der Waals surface area contributed by atoms with Gasteiger partial charge in [-0.05, 0) is 28.5 Å². The molecule has 2 aromatic carbocycles. The van der Waals surface area contributed by atoms with Gasteiger partial charge in [0.05, 0.1) is 5.69 Å². The molecular weight excluding hydrogens is 332 g/mol. The van der Waals surface area contributed by atoms with E-state index in [1.807, 2.05) is 12.1 Å². The van der Waals surface area contributed by atoms with Crippen LogP contribution in [0.25, 0.3) is 16.4 Å². The first-order valence-electron chi connectivity index (χ1n) is 9.69. The highest BCUT2D eigenvalue weighted by molar-refractivity contribution is 5.85. The Kier molecular flexibility index (Phi) is 4.36. The molecule has 0 N–H and O–H groups in total. The van der Waals surface area contributed by atoms with Crippen LogP contribution in [0.15, 0.2) is 73.1 Å². The van der Waals surface area contributed by atoms with Crippen LogP contribution in [-0.4, -0.2) is 45.4 Å². The Morgan fingerprint density at radius 3 is 2.33 bits per heavy atom. The molecule has 0 unspecified atom stereocenters. The van der Waals surface area contributed by atoms with Crippen LogP contribution in [0.4, 0.5) is 0 Å². The predicted octanol–water partition coefficient (Wildman–Crippen LogP) is 3.81. The van der Waals surface area contributed by atoms with Gasteiger partial charge >= 0.3 is 0 Å². The molecule has 0 atom stereocenters. The molecule has 0 amide bonds. The number of fused-ring (bicyclic) bond motifs is 2. The van der Waals surface area contributed by atoms with Crippen molar-refractivity contribution in [3.8, 4) is 0 Å². The molecule has 0 saturated carbocycles. The minimum Gasteiger partial charge on any atom is -0.307 e. The standard InChI is InChI=1S/C23H24N4/c1-2-9-22-19(6-1)7-5-8-20(22)16-25-12-14-26(15-13-25)17-21-18-27-11-4-3-10-23(27)24-21/h1-11,18H,12-17H2. The summed E-state index contributed by atoms with van der Waals surface area (Å²) in [5, 5.41) is 2.72. The van der Waals surface area contributed by atoms with E-state index in [2.05, 4.69) is 75.1 Å². The molecule has 1 aliphatic heterocycles. The summed E-state index contributed by atoms with van der Waals surface area (Å²) in [6, 6.07) is 21.5. The Labute approximate surface area is 159 Å². The molecule has 2 aromatic heterocycles. The number of pyridine rings is 1. The molecule has 4 nitrogen and oxygen atoms in total. The number of piperazine rings is 1. The Morgan fingerprint density at radius 2 is 1.48 bits per heavy atom. The van der Waals surface area contributed by atoms with Crippen molar-refractivity contribution >= 4 is 16.4 Å². The summed E-state index contributed by atoms with van der Waals surface area (Å²) in [4.78, 5) is 9.82. The topological polar surface area (TPSA) is 23.8 Å². The van der Waals surface area contributed by atoms with E-state index in [1.54, 1.807) is 0 Å². The monoisotopic (exact) mass is 356 g/mol. The smallest absolute Gasteiger partial charge is 0.137 e. The molecule has 0 aliphatic carbocycles. The number of hydrogen-bond acceptors (Lipinski definition) is 3. The van der Waals surface area contributed by atoms with Crippen molar-refractivity contribution in [2.24, 2.45) is 0 Å². The van der Waals surface area contributed by atoms with Gasteiger partial charge in [0, 0.05) is 51.7 Å². The molecule has 0 spiro atoms. The molecule has 4 aromatic rings.